The van der Waals surface area contributed by atoms with E-state index >= 15 is 0 Å². The van der Waals surface area contributed by atoms with E-state index in [0.717, 1.165) is 36.2 Å². The monoisotopic (exact) mass is 366 g/mol. The third-order valence-corrected chi connectivity index (χ3v) is 5.96. The molecule has 0 radical (unpaired) electrons. The Balaban J connectivity index is 1.85. The van der Waals surface area contributed by atoms with E-state index in [-0.39, 0.29) is 5.75 Å². The number of hydrogen-bond acceptors (Lipinski definition) is 6. The van der Waals surface area contributed by atoms with Crippen molar-refractivity contribution in [3.8, 4) is 34.0 Å². The molecule has 1 aliphatic carbocycles. The highest BCUT2D eigenvalue weighted by atomic mass is 32.1. The fraction of sp³-hybridized carbons (Fsp3) is 0.316. The average molecular weight is 366 g/mol. The number of aromatic hydroxyl groups is 1. The molecule has 26 heavy (non-hydrogen) atoms. The van der Waals surface area contributed by atoms with Gasteiger partial charge in [0.05, 0.1) is 12.7 Å². The number of ether oxygens (including phenoxy) is 1. The van der Waals surface area contributed by atoms with Gasteiger partial charge < -0.3 is 9.84 Å². The molecule has 0 spiro atoms. The summed E-state index contributed by atoms with van der Waals surface area (Å²) in [6.45, 7) is 0. The number of hydrogen-bond donors (Lipinski definition) is 1. The van der Waals surface area contributed by atoms with Crippen LogP contribution in [0, 0.1) is 11.3 Å². The molecule has 7 heteroatoms. The summed E-state index contributed by atoms with van der Waals surface area (Å²) in [6, 6.07) is 7.45. The van der Waals surface area contributed by atoms with Gasteiger partial charge in [0.25, 0.3) is 0 Å². The summed E-state index contributed by atoms with van der Waals surface area (Å²) in [6.07, 6.45) is 6.95. The van der Waals surface area contributed by atoms with Gasteiger partial charge in [0, 0.05) is 10.4 Å². The molecule has 3 aromatic rings. The summed E-state index contributed by atoms with van der Waals surface area (Å²) in [5.74, 6) is 1.07. The maximum atomic E-state index is 9.83. The number of fused-ring (bicyclic) bond motifs is 1. The van der Waals surface area contributed by atoms with Crippen molar-refractivity contribution in [2.24, 2.45) is 0 Å². The fourth-order valence-corrected chi connectivity index (χ4v) is 4.69. The van der Waals surface area contributed by atoms with Crippen LogP contribution in [-0.4, -0.2) is 27.0 Å². The molecule has 0 bridgehead atoms. The van der Waals surface area contributed by atoms with Crippen LogP contribution in [0.4, 0.5) is 0 Å². The van der Waals surface area contributed by atoms with E-state index in [1.807, 2.05) is 0 Å². The minimum Gasteiger partial charge on any atom is -0.504 e. The van der Waals surface area contributed by atoms with Gasteiger partial charge in [0.2, 0.25) is 0 Å². The van der Waals surface area contributed by atoms with Crippen LogP contribution in [-0.2, 0) is 12.8 Å². The summed E-state index contributed by atoms with van der Waals surface area (Å²) < 4.78 is 6.92. The summed E-state index contributed by atoms with van der Waals surface area (Å²) >= 11 is 1.64. The van der Waals surface area contributed by atoms with E-state index in [0.29, 0.717) is 17.1 Å². The Hall–Kier alpha value is -2.85. The minimum atomic E-state index is 0.0721. The third-order valence-electron chi connectivity index (χ3n) is 4.69. The van der Waals surface area contributed by atoms with Crippen molar-refractivity contribution in [2.75, 3.05) is 7.11 Å². The van der Waals surface area contributed by atoms with Crippen LogP contribution in [0.15, 0.2) is 24.5 Å². The number of aryl methyl sites for hydroxylation is 1. The van der Waals surface area contributed by atoms with Crippen LogP contribution in [0.1, 0.15) is 35.3 Å². The molecule has 0 saturated carbocycles. The normalized spacial score (nSPS) is 13.7. The van der Waals surface area contributed by atoms with Gasteiger partial charge in [-0.2, -0.15) is 10.4 Å². The van der Waals surface area contributed by atoms with Crippen molar-refractivity contribution in [1.82, 2.24) is 14.8 Å². The van der Waals surface area contributed by atoms with Gasteiger partial charge in [-0.1, -0.05) is 6.42 Å². The van der Waals surface area contributed by atoms with E-state index in [1.165, 1.54) is 30.3 Å². The molecular formula is C19H18N4O2S. The number of nitriles is 1. The third kappa shape index (κ3) is 2.72. The first kappa shape index (κ1) is 16.6. The first-order chi connectivity index (χ1) is 12.7. The molecule has 4 rings (SSSR count). The number of phenolic OH excluding ortho intramolecular Hbond substituents is 1. The van der Waals surface area contributed by atoms with Gasteiger partial charge in [0.15, 0.2) is 17.3 Å². The van der Waals surface area contributed by atoms with Gasteiger partial charge in [-0.25, -0.2) is 9.67 Å². The molecule has 0 fully saturated rings. The number of benzene rings is 1. The highest BCUT2D eigenvalue weighted by Crippen LogP contribution is 2.38. The zero-order valence-electron chi connectivity index (χ0n) is 14.4. The Morgan fingerprint density at radius 3 is 2.92 bits per heavy atom. The number of thiophene rings is 1. The van der Waals surface area contributed by atoms with E-state index in [9.17, 15) is 10.4 Å². The van der Waals surface area contributed by atoms with E-state index in [2.05, 4.69) is 16.2 Å². The lowest BCUT2D eigenvalue weighted by molar-refractivity contribution is 0.373. The smallest absolute Gasteiger partial charge is 0.164 e. The van der Waals surface area contributed by atoms with Crippen molar-refractivity contribution in [2.45, 2.75) is 32.1 Å². The SMILES string of the molecule is COc1cc(-c2ncnn2-c2sc3c(c2C#N)CCCCC3)ccc1O. The molecule has 1 aliphatic rings. The minimum absolute atomic E-state index is 0.0721. The molecule has 2 heterocycles. The second-order valence-electron chi connectivity index (χ2n) is 6.24. The Morgan fingerprint density at radius 1 is 1.27 bits per heavy atom. The summed E-state index contributed by atoms with van der Waals surface area (Å²) in [4.78, 5) is 5.67. The fourth-order valence-electron chi connectivity index (χ4n) is 3.40. The second-order valence-corrected chi connectivity index (χ2v) is 7.32. The van der Waals surface area contributed by atoms with Gasteiger partial charge in [0.1, 0.15) is 17.4 Å². The molecule has 1 N–H and O–H groups in total. The molecule has 2 aromatic heterocycles. The topological polar surface area (TPSA) is 84.0 Å². The van der Waals surface area contributed by atoms with Gasteiger partial charge in [-0.05, 0) is 49.4 Å². The highest BCUT2D eigenvalue weighted by Gasteiger charge is 2.23. The lowest BCUT2D eigenvalue weighted by Gasteiger charge is -2.08. The Bertz CT molecular complexity index is 1000. The summed E-state index contributed by atoms with van der Waals surface area (Å²) in [5, 5.41) is 24.8. The molecular weight excluding hydrogens is 348 g/mol. The van der Waals surface area contributed by atoms with E-state index in [1.54, 1.807) is 34.2 Å². The molecule has 0 amide bonds. The Labute approximate surface area is 155 Å². The molecule has 1 aromatic carbocycles. The van der Waals surface area contributed by atoms with Crippen molar-refractivity contribution in [3.63, 3.8) is 0 Å². The van der Waals surface area contributed by atoms with Crippen LogP contribution in [0.5, 0.6) is 11.5 Å². The van der Waals surface area contributed by atoms with Crippen molar-refractivity contribution in [1.29, 1.82) is 5.26 Å². The number of rotatable bonds is 3. The maximum absolute atomic E-state index is 9.83. The number of methoxy groups -OCH3 is 1. The Morgan fingerprint density at radius 2 is 2.12 bits per heavy atom. The van der Waals surface area contributed by atoms with Crippen molar-refractivity contribution in [3.05, 3.63) is 40.5 Å². The lowest BCUT2D eigenvalue weighted by Crippen LogP contribution is -2.00. The van der Waals surface area contributed by atoms with Crippen LogP contribution in [0.25, 0.3) is 16.4 Å². The molecule has 0 atom stereocenters. The summed E-state index contributed by atoms with van der Waals surface area (Å²) in [5.41, 5.74) is 2.66. The van der Waals surface area contributed by atoms with Crippen LogP contribution in [0.3, 0.4) is 0 Å². The standard InChI is InChI=1S/C19H18N4O2S/c1-25-16-9-12(7-8-15(16)24)18-21-11-22-23(18)19-14(10-20)13-5-3-2-4-6-17(13)26-19/h7-9,11,24H,2-6H2,1H3. The van der Waals surface area contributed by atoms with Crippen molar-refractivity contribution >= 4 is 11.3 Å². The van der Waals surface area contributed by atoms with Crippen LogP contribution < -0.4 is 4.74 Å². The van der Waals surface area contributed by atoms with Gasteiger partial charge >= 0.3 is 0 Å². The predicted octanol–water partition coefficient (Wildman–Crippen LogP) is 3.85. The van der Waals surface area contributed by atoms with Gasteiger partial charge in [-0.15, -0.1) is 11.3 Å². The second kappa shape index (κ2) is 6.81. The zero-order valence-corrected chi connectivity index (χ0v) is 15.2. The number of phenols is 1. The largest absolute Gasteiger partial charge is 0.504 e. The maximum Gasteiger partial charge on any atom is 0.164 e. The lowest BCUT2D eigenvalue weighted by atomic mass is 10.1. The molecule has 6 nitrogen and oxygen atoms in total. The molecule has 0 saturated heterocycles. The predicted molar refractivity (Wildman–Crippen MR) is 98.9 cm³/mol. The van der Waals surface area contributed by atoms with Crippen molar-refractivity contribution < 1.29 is 9.84 Å². The molecule has 0 unspecified atom stereocenters. The average Bonchev–Trinajstić information content (AvgIpc) is 3.20. The number of nitrogens with zero attached hydrogens (tertiary/aromatic N) is 4. The van der Waals surface area contributed by atoms with Crippen LogP contribution >= 0.6 is 11.3 Å². The Kier molecular flexibility index (Phi) is 4.35. The first-order valence-electron chi connectivity index (χ1n) is 8.55. The highest BCUT2D eigenvalue weighted by molar-refractivity contribution is 7.15. The van der Waals surface area contributed by atoms with E-state index < -0.39 is 0 Å². The quantitative estimate of drug-likeness (QED) is 0.712. The zero-order chi connectivity index (χ0) is 18.1. The molecule has 132 valence electrons. The number of aromatic nitrogens is 3. The first-order valence-corrected chi connectivity index (χ1v) is 9.37. The summed E-state index contributed by atoms with van der Waals surface area (Å²) in [7, 11) is 1.51. The van der Waals surface area contributed by atoms with E-state index in [4.69, 9.17) is 4.74 Å². The van der Waals surface area contributed by atoms with Crippen LogP contribution in [0.2, 0.25) is 0 Å². The molecule has 0 aliphatic heterocycles. The van der Waals surface area contributed by atoms with Gasteiger partial charge in [-0.3, -0.25) is 0 Å².